The lowest BCUT2D eigenvalue weighted by atomic mass is 9.99. The molecule has 0 aromatic rings. The summed E-state index contributed by atoms with van der Waals surface area (Å²) in [6, 6.07) is 0. The molecule has 1 aliphatic carbocycles. The summed E-state index contributed by atoms with van der Waals surface area (Å²) in [5.41, 5.74) is 1.54. The molecule has 2 atom stereocenters. The van der Waals surface area contributed by atoms with E-state index in [1.807, 2.05) is 0 Å². The highest BCUT2D eigenvalue weighted by Gasteiger charge is 2.06. The molecule has 0 heteroatoms. The largest absolute Gasteiger partial charge is 0.0874 e. The molecule has 0 aliphatic heterocycles. The third-order valence-corrected chi connectivity index (χ3v) is 2.23. The maximum Gasteiger partial charge on any atom is -0.00792 e. The molecular weight excluding hydrogens is 120 g/mol. The second-order valence-electron chi connectivity index (χ2n) is 3.33. The number of allylic oxidation sites excluding steroid dienone is 4. The molecule has 0 amide bonds. The molecule has 0 aromatic carbocycles. The zero-order valence-electron chi connectivity index (χ0n) is 7.09. The molecule has 0 spiro atoms. The third-order valence-electron chi connectivity index (χ3n) is 2.23. The van der Waals surface area contributed by atoms with Crippen LogP contribution in [0.5, 0.6) is 0 Å². The van der Waals surface area contributed by atoms with Gasteiger partial charge in [-0.3, -0.25) is 0 Å². The standard InChI is InChI=1S/C10H16/c1-8-5-4-6-9(2)10(3)7-8/h4-5,7-9H,6H2,1-3H3. The van der Waals surface area contributed by atoms with E-state index >= 15 is 0 Å². The maximum absolute atomic E-state index is 2.36. The van der Waals surface area contributed by atoms with E-state index in [2.05, 4.69) is 39.0 Å². The van der Waals surface area contributed by atoms with Gasteiger partial charge in [0.15, 0.2) is 0 Å². The fraction of sp³-hybridized carbons (Fsp3) is 0.600. The molecule has 0 fully saturated rings. The molecule has 0 saturated heterocycles. The first-order valence-electron chi connectivity index (χ1n) is 4.05. The topological polar surface area (TPSA) is 0 Å². The highest BCUT2D eigenvalue weighted by molar-refractivity contribution is 5.13. The van der Waals surface area contributed by atoms with Gasteiger partial charge in [-0.1, -0.05) is 37.6 Å². The Morgan fingerprint density at radius 3 is 2.80 bits per heavy atom. The average Bonchev–Trinajstić information content (AvgIpc) is 1.96. The quantitative estimate of drug-likeness (QED) is 0.449. The van der Waals surface area contributed by atoms with Crippen molar-refractivity contribution in [3.05, 3.63) is 23.8 Å². The van der Waals surface area contributed by atoms with Crippen LogP contribution in [0.15, 0.2) is 23.8 Å². The zero-order valence-corrected chi connectivity index (χ0v) is 7.09. The van der Waals surface area contributed by atoms with Crippen LogP contribution in [-0.2, 0) is 0 Å². The van der Waals surface area contributed by atoms with Gasteiger partial charge in [-0.05, 0) is 25.2 Å². The van der Waals surface area contributed by atoms with Crippen LogP contribution in [0.25, 0.3) is 0 Å². The molecular formula is C10H16. The minimum atomic E-state index is 0.643. The summed E-state index contributed by atoms with van der Waals surface area (Å²) in [6.45, 7) is 6.75. The van der Waals surface area contributed by atoms with E-state index in [1.54, 1.807) is 0 Å². The molecule has 10 heavy (non-hydrogen) atoms. The van der Waals surface area contributed by atoms with Crippen LogP contribution in [0, 0.1) is 11.8 Å². The van der Waals surface area contributed by atoms with Crippen LogP contribution in [-0.4, -0.2) is 0 Å². The summed E-state index contributed by atoms with van der Waals surface area (Å²) in [5, 5.41) is 0. The number of rotatable bonds is 0. The van der Waals surface area contributed by atoms with Crippen molar-refractivity contribution in [3.8, 4) is 0 Å². The van der Waals surface area contributed by atoms with Crippen LogP contribution < -0.4 is 0 Å². The summed E-state index contributed by atoms with van der Waals surface area (Å²) in [4.78, 5) is 0. The van der Waals surface area contributed by atoms with Gasteiger partial charge in [-0.15, -0.1) is 0 Å². The van der Waals surface area contributed by atoms with Crippen molar-refractivity contribution in [2.45, 2.75) is 27.2 Å². The first kappa shape index (κ1) is 7.59. The molecule has 2 unspecified atom stereocenters. The summed E-state index contributed by atoms with van der Waals surface area (Å²) in [7, 11) is 0. The Labute approximate surface area is 63.6 Å². The molecule has 0 radical (unpaired) electrons. The second-order valence-corrected chi connectivity index (χ2v) is 3.33. The molecule has 0 N–H and O–H groups in total. The van der Waals surface area contributed by atoms with E-state index < -0.39 is 0 Å². The molecule has 1 aliphatic rings. The Balaban J connectivity index is 2.73. The van der Waals surface area contributed by atoms with E-state index in [9.17, 15) is 0 Å². The third kappa shape index (κ3) is 1.73. The molecule has 56 valence electrons. The Bertz CT molecular complexity index is 163. The van der Waals surface area contributed by atoms with Crippen LogP contribution >= 0.6 is 0 Å². The SMILES string of the molecule is CC1=CC(C)C=CCC1C. The van der Waals surface area contributed by atoms with Crippen molar-refractivity contribution >= 4 is 0 Å². The lowest BCUT2D eigenvalue weighted by Crippen LogP contribution is -1.93. The van der Waals surface area contributed by atoms with Gasteiger partial charge in [0.05, 0.1) is 0 Å². The van der Waals surface area contributed by atoms with Gasteiger partial charge in [0.1, 0.15) is 0 Å². The minimum absolute atomic E-state index is 0.643. The Morgan fingerprint density at radius 1 is 1.40 bits per heavy atom. The first-order valence-corrected chi connectivity index (χ1v) is 4.05. The molecule has 0 bridgehead atoms. The Hall–Kier alpha value is -0.520. The van der Waals surface area contributed by atoms with Crippen LogP contribution in [0.3, 0.4) is 0 Å². The second kappa shape index (κ2) is 3.05. The lowest BCUT2D eigenvalue weighted by Gasteiger charge is -2.06. The van der Waals surface area contributed by atoms with Gasteiger partial charge in [0.25, 0.3) is 0 Å². The molecule has 0 nitrogen and oxygen atoms in total. The zero-order chi connectivity index (χ0) is 7.56. The normalized spacial score (nSPS) is 33.3. The average molecular weight is 136 g/mol. The summed E-state index contributed by atoms with van der Waals surface area (Å²) in [6.07, 6.45) is 8.15. The van der Waals surface area contributed by atoms with Gasteiger partial charge in [-0.25, -0.2) is 0 Å². The maximum atomic E-state index is 2.36. The van der Waals surface area contributed by atoms with Crippen molar-refractivity contribution in [2.24, 2.45) is 11.8 Å². The summed E-state index contributed by atoms with van der Waals surface area (Å²) in [5.74, 6) is 1.39. The van der Waals surface area contributed by atoms with E-state index in [4.69, 9.17) is 0 Å². The van der Waals surface area contributed by atoms with Gasteiger partial charge in [0, 0.05) is 0 Å². The van der Waals surface area contributed by atoms with Crippen LogP contribution in [0.4, 0.5) is 0 Å². The first-order chi connectivity index (χ1) is 4.70. The van der Waals surface area contributed by atoms with Crippen molar-refractivity contribution < 1.29 is 0 Å². The number of hydrogen-bond donors (Lipinski definition) is 0. The smallest absolute Gasteiger partial charge is 0.00792 e. The van der Waals surface area contributed by atoms with Crippen molar-refractivity contribution in [1.82, 2.24) is 0 Å². The van der Waals surface area contributed by atoms with Crippen molar-refractivity contribution in [3.63, 3.8) is 0 Å². The van der Waals surface area contributed by atoms with E-state index in [0.29, 0.717) is 5.92 Å². The summed E-state index contributed by atoms with van der Waals surface area (Å²) >= 11 is 0. The van der Waals surface area contributed by atoms with Crippen molar-refractivity contribution in [1.29, 1.82) is 0 Å². The van der Waals surface area contributed by atoms with Gasteiger partial charge < -0.3 is 0 Å². The predicted octanol–water partition coefficient (Wildman–Crippen LogP) is 3.16. The fourth-order valence-electron chi connectivity index (χ4n) is 1.32. The monoisotopic (exact) mass is 136 g/mol. The van der Waals surface area contributed by atoms with Crippen LogP contribution in [0.1, 0.15) is 27.2 Å². The lowest BCUT2D eigenvalue weighted by molar-refractivity contribution is 0.696. The van der Waals surface area contributed by atoms with Crippen LogP contribution in [0.2, 0.25) is 0 Å². The molecule has 0 saturated carbocycles. The fourth-order valence-corrected chi connectivity index (χ4v) is 1.32. The van der Waals surface area contributed by atoms with Gasteiger partial charge in [-0.2, -0.15) is 0 Å². The van der Waals surface area contributed by atoms with E-state index in [1.165, 1.54) is 12.0 Å². The minimum Gasteiger partial charge on any atom is -0.0874 e. The summed E-state index contributed by atoms with van der Waals surface area (Å²) < 4.78 is 0. The Morgan fingerprint density at radius 2 is 2.10 bits per heavy atom. The highest BCUT2D eigenvalue weighted by atomic mass is 14.1. The van der Waals surface area contributed by atoms with Gasteiger partial charge >= 0.3 is 0 Å². The predicted molar refractivity (Wildman–Crippen MR) is 45.8 cm³/mol. The highest BCUT2D eigenvalue weighted by Crippen LogP contribution is 2.20. The van der Waals surface area contributed by atoms with E-state index in [0.717, 1.165) is 5.92 Å². The molecule has 1 rings (SSSR count). The van der Waals surface area contributed by atoms with Gasteiger partial charge in [0.2, 0.25) is 0 Å². The molecule has 0 heterocycles. The Kier molecular flexibility index (Phi) is 2.31. The van der Waals surface area contributed by atoms with E-state index in [-0.39, 0.29) is 0 Å². The van der Waals surface area contributed by atoms with Crippen molar-refractivity contribution in [2.75, 3.05) is 0 Å². The number of hydrogen-bond acceptors (Lipinski definition) is 0. The molecule has 0 aromatic heterocycles.